The molecule has 0 amide bonds. The molecule has 1 saturated heterocycles. The molecule has 1 heterocycles. The smallest absolute Gasteiger partial charge is 0.248 e. The summed E-state index contributed by atoms with van der Waals surface area (Å²) in [5.41, 5.74) is 0. The monoisotopic (exact) mass is 318 g/mol. The first-order chi connectivity index (χ1) is 9.96. The molecule has 1 aliphatic heterocycles. The van der Waals surface area contributed by atoms with E-state index >= 15 is 0 Å². The molecule has 1 aliphatic rings. The van der Waals surface area contributed by atoms with Crippen molar-refractivity contribution in [2.24, 2.45) is 5.92 Å². The predicted molar refractivity (Wildman–Crippen MR) is 76.4 cm³/mol. The van der Waals surface area contributed by atoms with Crippen molar-refractivity contribution in [3.63, 3.8) is 0 Å². The maximum atomic E-state index is 13.8. The number of rotatable bonds is 5. The summed E-state index contributed by atoms with van der Waals surface area (Å²) in [5.74, 6) is -1.92. The highest BCUT2D eigenvalue weighted by atomic mass is 32.2. The lowest BCUT2D eigenvalue weighted by molar-refractivity contribution is 0.296. The molecule has 1 aromatic carbocycles. The average molecular weight is 318 g/mol. The second-order valence-corrected chi connectivity index (χ2v) is 7.09. The Morgan fingerprint density at radius 3 is 2.52 bits per heavy atom. The molecule has 1 aromatic rings. The standard InChI is InChI=1S/C14H20F2N2O2S/c1-2-18(10-11-5-4-8-17-9-11)21(19,20)14-12(15)6-3-7-13(14)16/h3,6-7,11,17H,2,4-5,8-10H2,1H3. The molecule has 0 aliphatic carbocycles. The topological polar surface area (TPSA) is 49.4 Å². The number of hydrogen-bond acceptors (Lipinski definition) is 3. The van der Waals surface area contributed by atoms with Crippen molar-refractivity contribution >= 4 is 10.0 Å². The van der Waals surface area contributed by atoms with E-state index in [1.165, 1.54) is 0 Å². The molecule has 0 saturated carbocycles. The number of sulfonamides is 1. The van der Waals surface area contributed by atoms with Gasteiger partial charge in [-0.3, -0.25) is 0 Å². The molecule has 2 rings (SSSR count). The van der Waals surface area contributed by atoms with E-state index in [-0.39, 0.29) is 19.0 Å². The molecular formula is C14H20F2N2O2S. The fourth-order valence-electron chi connectivity index (χ4n) is 2.62. The van der Waals surface area contributed by atoms with Gasteiger partial charge in [-0.1, -0.05) is 13.0 Å². The summed E-state index contributed by atoms with van der Waals surface area (Å²) in [6.07, 6.45) is 1.90. The predicted octanol–water partition coefficient (Wildman–Crippen LogP) is 1.97. The van der Waals surface area contributed by atoms with Gasteiger partial charge in [-0.05, 0) is 44.0 Å². The zero-order chi connectivity index (χ0) is 15.5. The van der Waals surface area contributed by atoms with Crippen molar-refractivity contribution in [2.75, 3.05) is 26.2 Å². The Morgan fingerprint density at radius 2 is 2.00 bits per heavy atom. The number of nitrogens with zero attached hydrogens (tertiary/aromatic N) is 1. The van der Waals surface area contributed by atoms with E-state index in [9.17, 15) is 17.2 Å². The Bertz CT molecular complexity index is 566. The highest BCUT2D eigenvalue weighted by Gasteiger charge is 2.31. The van der Waals surface area contributed by atoms with Crippen LogP contribution in [-0.4, -0.2) is 38.9 Å². The third kappa shape index (κ3) is 3.59. The minimum atomic E-state index is -4.16. The highest BCUT2D eigenvalue weighted by molar-refractivity contribution is 7.89. The van der Waals surface area contributed by atoms with Crippen LogP contribution in [0.25, 0.3) is 0 Å². The maximum Gasteiger partial charge on any atom is 0.248 e. The Labute approximate surface area is 124 Å². The largest absolute Gasteiger partial charge is 0.316 e. The summed E-state index contributed by atoms with van der Waals surface area (Å²) in [7, 11) is -4.16. The summed E-state index contributed by atoms with van der Waals surface area (Å²) >= 11 is 0. The van der Waals surface area contributed by atoms with E-state index < -0.39 is 26.6 Å². The third-order valence-electron chi connectivity index (χ3n) is 3.73. The number of nitrogens with one attached hydrogen (secondary N) is 1. The summed E-state index contributed by atoms with van der Waals surface area (Å²) in [6.45, 7) is 3.79. The molecule has 118 valence electrons. The molecule has 1 N–H and O–H groups in total. The van der Waals surface area contributed by atoms with Gasteiger partial charge in [-0.2, -0.15) is 4.31 Å². The quantitative estimate of drug-likeness (QED) is 0.903. The van der Waals surface area contributed by atoms with E-state index in [0.717, 1.165) is 48.4 Å². The number of hydrogen-bond donors (Lipinski definition) is 1. The molecular weight excluding hydrogens is 298 g/mol. The fraction of sp³-hybridized carbons (Fsp3) is 0.571. The molecule has 0 spiro atoms. The van der Waals surface area contributed by atoms with Crippen LogP contribution in [0.3, 0.4) is 0 Å². The van der Waals surface area contributed by atoms with Crippen LogP contribution in [0.15, 0.2) is 23.1 Å². The second-order valence-electron chi connectivity index (χ2n) is 5.22. The molecule has 21 heavy (non-hydrogen) atoms. The van der Waals surface area contributed by atoms with Crippen molar-refractivity contribution in [1.29, 1.82) is 0 Å². The molecule has 1 fully saturated rings. The third-order valence-corrected chi connectivity index (χ3v) is 5.72. The first-order valence-corrected chi connectivity index (χ1v) is 8.55. The molecule has 1 unspecified atom stereocenters. The van der Waals surface area contributed by atoms with E-state index in [4.69, 9.17) is 0 Å². The van der Waals surface area contributed by atoms with Gasteiger partial charge < -0.3 is 5.32 Å². The Morgan fingerprint density at radius 1 is 1.33 bits per heavy atom. The van der Waals surface area contributed by atoms with Crippen LogP contribution in [0.4, 0.5) is 8.78 Å². The minimum absolute atomic E-state index is 0.170. The van der Waals surface area contributed by atoms with Gasteiger partial charge in [0, 0.05) is 13.1 Å². The van der Waals surface area contributed by atoms with Crippen molar-refractivity contribution in [3.05, 3.63) is 29.8 Å². The fourth-order valence-corrected chi connectivity index (χ4v) is 4.26. The highest BCUT2D eigenvalue weighted by Crippen LogP contribution is 2.24. The van der Waals surface area contributed by atoms with Gasteiger partial charge in [0.05, 0.1) is 0 Å². The van der Waals surface area contributed by atoms with Crippen LogP contribution < -0.4 is 5.32 Å². The molecule has 4 nitrogen and oxygen atoms in total. The summed E-state index contributed by atoms with van der Waals surface area (Å²) in [4.78, 5) is -0.851. The van der Waals surface area contributed by atoms with Crippen molar-refractivity contribution in [3.8, 4) is 0 Å². The zero-order valence-corrected chi connectivity index (χ0v) is 12.8. The van der Waals surface area contributed by atoms with Gasteiger partial charge in [0.1, 0.15) is 11.6 Å². The first kappa shape index (κ1) is 16.3. The van der Waals surface area contributed by atoms with Gasteiger partial charge in [-0.15, -0.1) is 0 Å². The lowest BCUT2D eigenvalue weighted by atomic mass is 10.00. The van der Waals surface area contributed by atoms with E-state index in [1.807, 2.05) is 0 Å². The molecule has 7 heteroatoms. The molecule has 0 radical (unpaired) electrons. The van der Waals surface area contributed by atoms with Crippen LogP contribution >= 0.6 is 0 Å². The SMILES string of the molecule is CCN(CC1CCCNC1)S(=O)(=O)c1c(F)cccc1F. The van der Waals surface area contributed by atoms with Crippen LogP contribution in [0.1, 0.15) is 19.8 Å². The Kier molecular flexibility index (Phi) is 5.29. The van der Waals surface area contributed by atoms with Crippen LogP contribution in [0.2, 0.25) is 0 Å². The van der Waals surface area contributed by atoms with Gasteiger partial charge in [0.15, 0.2) is 4.90 Å². The molecule has 1 atom stereocenters. The molecule has 0 aromatic heterocycles. The van der Waals surface area contributed by atoms with E-state index in [0.29, 0.717) is 0 Å². The van der Waals surface area contributed by atoms with Gasteiger partial charge in [0.2, 0.25) is 10.0 Å². The average Bonchev–Trinajstić information content (AvgIpc) is 2.45. The number of halogens is 2. The lowest BCUT2D eigenvalue weighted by Crippen LogP contribution is -2.41. The van der Waals surface area contributed by atoms with Gasteiger partial charge in [0.25, 0.3) is 0 Å². The van der Waals surface area contributed by atoms with Gasteiger partial charge in [-0.25, -0.2) is 17.2 Å². The van der Waals surface area contributed by atoms with Crippen molar-refractivity contribution < 1.29 is 17.2 Å². The van der Waals surface area contributed by atoms with Crippen molar-refractivity contribution in [2.45, 2.75) is 24.7 Å². The van der Waals surface area contributed by atoms with Gasteiger partial charge >= 0.3 is 0 Å². The van der Waals surface area contributed by atoms with Crippen LogP contribution in [-0.2, 0) is 10.0 Å². The van der Waals surface area contributed by atoms with E-state index in [2.05, 4.69) is 5.32 Å². The zero-order valence-electron chi connectivity index (χ0n) is 12.0. The van der Waals surface area contributed by atoms with Crippen LogP contribution in [0, 0.1) is 17.6 Å². The Balaban J connectivity index is 2.27. The van der Waals surface area contributed by atoms with Crippen molar-refractivity contribution in [1.82, 2.24) is 9.62 Å². The normalized spacial score (nSPS) is 19.9. The Hall–Kier alpha value is -1.05. The number of benzene rings is 1. The molecule has 0 bridgehead atoms. The first-order valence-electron chi connectivity index (χ1n) is 7.11. The number of piperidine rings is 1. The summed E-state index contributed by atoms with van der Waals surface area (Å²) in [6, 6.07) is 3.09. The lowest BCUT2D eigenvalue weighted by Gasteiger charge is -2.29. The second kappa shape index (κ2) is 6.81. The van der Waals surface area contributed by atoms with Crippen LogP contribution in [0.5, 0.6) is 0 Å². The van der Waals surface area contributed by atoms with E-state index in [1.54, 1.807) is 6.92 Å². The minimum Gasteiger partial charge on any atom is -0.316 e. The maximum absolute atomic E-state index is 13.8. The summed E-state index contributed by atoms with van der Waals surface area (Å²) < 4.78 is 53.7. The summed E-state index contributed by atoms with van der Waals surface area (Å²) in [5, 5.41) is 3.21.